The number of rotatable bonds is 59. The van der Waals surface area contributed by atoms with Crippen molar-refractivity contribution in [3.8, 4) is 5.75 Å². The third kappa shape index (κ3) is 40.4. The Morgan fingerprint density at radius 2 is 0.922 bits per heavy atom. The lowest BCUT2D eigenvalue weighted by atomic mass is 9.99. The molecule has 27 N–H and O–H groups in total. The summed E-state index contributed by atoms with van der Waals surface area (Å²) in [5.41, 5.74) is 12.6. The summed E-state index contributed by atoms with van der Waals surface area (Å²) in [7, 11) is 0. The number of thioether (sulfide) groups is 1. The van der Waals surface area contributed by atoms with Crippen molar-refractivity contribution in [1.82, 2.24) is 84.7 Å². The number of primary amides is 1. The highest BCUT2D eigenvalue weighted by molar-refractivity contribution is 7.98. The van der Waals surface area contributed by atoms with E-state index in [-0.39, 0.29) is 101 Å². The Kier molecular flexibility index (Phi) is 49.1. The maximum atomic E-state index is 14.5. The van der Waals surface area contributed by atoms with Crippen molar-refractivity contribution in [2.24, 2.45) is 23.3 Å². The molecule has 0 aliphatic carbocycles. The van der Waals surface area contributed by atoms with Crippen LogP contribution in [0.3, 0.4) is 0 Å². The van der Waals surface area contributed by atoms with Crippen LogP contribution >= 0.6 is 11.8 Å². The number of nitrogens with two attached hydrogens (primary N) is 2. The van der Waals surface area contributed by atoms with Crippen molar-refractivity contribution < 1.29 is 137 Å². The molecule has 2 aromatic carbocycles. The number of aromatic hydroxyl groups is 1. The van der Waals surface area contributed by atoms with Crippen LogP contribution in [0.15, 0.2) is 54.6 Å². The molecule has 3 rings (SSSR count). The van der Waals surface area contributed by atoms with E-state index in [9.17, 15) is 137 Å². The van der Waals surface area contributed by atoms with E-state index in [1.54, 1.807) is 76.4 Å². The molecule has 0 aromatic heterocycles. The molecular weight excluding hydrogens is 1720 g/mol. The maximum absolute atomic E-state index is 14.5. The Bertz CT molecular complexity index is 4160. The number of nitrogens with zero attached hydrogens (tertiary/aromatic N) is 1. The number of aliphatic carboxylic acids is 2. The summed E-state index contributed by atoms with van der Waals surface area (Å²) in [5.74, 6) is -22.0. The predicted octanol–water partition coefficient (Wildman–Crippen LogP) is -8.00. The van der Waals surface area contributed by atoms with E-state index < -0.39 is 280 Å². The number of aliphatic hydroxyl groups excluding tert-OH is 5. The van der Waals surface area contributed by atoms with Crippen LogP contribution in [0.25, 0.3) is 0 Å². The van der Waals surface area contributed by atoms with Gasteiger partial charge in [-0.15, -0.1) is 0 Å². The molecule has 17 amide bonds. The molecule has 2 aromatic rings. The van der Waals surface area contributed by atoms with Gasteiger partial charge in [0.25, 0.3) is 0 Å². The molecule has 0 unspecified atom stereocenters. The Labute approximate surface area is 748 Å². The standard InChI is InChI=1S/C82H126N18O28S/c1-41(2)34-55(75(120)96-65(42(3)4)79(124)99-68(46(8)106)82(127)128)93-78(123)59-19-15-32-100(59)81(126)67(45(7)105)98-72(117)52(25-27-60(84)108)90-76(121)57(39-101)94-70(115)51(18-13-14-31-85-61(109)28-20-43(5)103)89-71(116)53(26-29-64(112)113)91-77(122)58(40-102)95-80(125)66(44(6)104)97-73(118)54(30-33-129-9)92-74(119)56(36-47-16-11-10-12-17-47)88-63(111)38-86-62(110)37-87-69(114)50(83)35-48-21-23-49(107)24-22-48/h10-12,16-17,21-24,41-42,44-46,50-59,65-68,101-102,104-107H,13-15,18-20,25-40,83H2,1-9H3,(H2,84,108)(H,85,109)(H,86,110)(H,87,114)(H,88,111)(H,89,116)(H,90,121)(H,91,122)(H,92,119)(H,93,123)(H,94,115)(H,95,125)(H,96,120)(H,97,118)(H,98,117)(H,99,124)(H,112,113)(H,127,128)/t44-,45-,46-,50+,51+,52+,53+,54+,55+,56+,57+,58+,59+,65+,66+,67+,68+/m1/s1. The summed E-state index contributed by atoms with van der Waals surface area (Å²) in [6.45, 7) is 6.95. The van der Waals surface area contributed by atoms with Gasteiger partial charge in [-0.1, -0.05) is 70.2 Å². The fourth-order valence-electron chi connectivity index (χ4n) is 13.0. The van der Waals surface area contributed by atoms with E-state index in [0.29, 0.717) is 11.1 Å². The number of carbonyl (C=O) groups excluding carboxylic acids is 18. The van der Waals surface area contributed by atoms with Crippen molar-refractivity contribution in [1.29, 1.82) is 0 Å². The van der Waals surface area contributed by atoms with Crippen LogP contribution in [0.4, 0.5) is 0 Å². The van der Waals surface area contributed by atoms with Crippen LogP contribution in [0.2, 0.25) is 0 Å². The van der Waals surface area contributed by atoms with Gasteiger partial charge in [-0.2, -0.15) is 11.8 Å². The largest absolute Gasteiger partial charge is 0.508 e. The molecule has 0 bridgehead atoms. The smallest absolute Gasteiger partial charge is 0.328 e. The topological polar surface area (TPSA) is 739 Å². The second-order valence-electron chi connectivity index (χ2n) is 31.9. The Hall–Kier alpha value is -12.0. The number of likely N-dealkylation sites (tertiary alicyclic amines) is 1. The number of aliphatic hydroxyl groups is 5. The van der Waals surface area contributed by atoms with Gasteiger partial charge in [0.1, 0.15) is 84.0 Å². The third-order valence-corrected chi connectivity index (χ3v) is 20.8. The lowest BCUT2D eigenvalue weighted by Crippen LogP contribution is -2.63. The van der Waals surface area contributed by atoms with E-state index >= 15 is 0 Å². The molecule has 47 heteroatoms. The number of nitrogens with one attached hydrogen (secondary N) is 15. The molecule has 0 saturated carbocycles. The summed E-state index contributed by atoms with van der Waals surface area (Å²) >= 11 is 1.23. The number of hydrogen-bond donors (Lipinski definition) is 25. The number of amides is 17. The minimum atomic E-state index is -2.10. The van der Waals surface area contributed by atoms with E-state index in [0.717, 1.165) is 25.7 Å². The van der Waals surface area contributed by atoms with Crippen LogP contribution in [0.1, 0.15) is 150 Å². The van der Waals surface area contributed by atoms with Crippen molar-refractivity contribution in [2.75, 3.05) is 51.4 Å². The van der Waals surface area contributed by atoms with Gasteiger partial charge in [0, 0.05) is 45.2 Å². The SMILES string of the molecule is CSCC[C@H](NC(=O)[C@H](Cc1ccccc1)NC(=O)CNC(=O)CNC(=O)[C@@H](N)Cc1ccc(O)cc1)C(=O)N[C@H](C(=O)N[C@@H](CO)C(=O)N[C@@H](CCC(=O)O)C(=O)N[C@@H](CCCCNC(=O)CCC(C)=O)C(=O)N[C@@H](CO)C(=O)N[C@@H](CCC(N)=O)C(=O)N[C@H](C(=O)N1CCC[C@H]1C(=O)N[C@@H](CC(C)C)C(=O)N[C@H](C(=O)N[C@H](C(=O)O)[C@@H](C)O)C(C)C)[C@@H](C)O)[C@@H](C)O. The van der Waals surface area contributed by atoms with Crippen molar-refractivity contribution >= 4 is 130 Å². The first kappa shape index (κ1) is 111. The van der Waals surface area contributed by atoms with E-state index in [1.807, 2.05) is 0 Å². The molecule has 1 saturated heterocycles. The van der Waals surface area contributed by atoms with Gasteiger partial charge >= 0.3 is 11.9 Å². The second kappa shape index (κ2) is 57.0. The molecule has 17 atom stereocenters. The van der Waals surface area contributed by atoms with E-state index in [1.165, 1.54) is 30.8 Å². The number of hydrogen-bond acceptors (Lipinski definition) is 28. The normalized spacial score (nSPS) is 16.1. The predicted molar refractivity (Wildman–Crippen MR) is 460 cm³/mol. The Morgan fingerprint density at radius 1 is 0.457 bits per heavy atom. The molecule has 0 radical (unpaired) electrons. The number of carboxylic acids is 2. The first-order valence-corrected chi connectivity index (χ1v) is 43.4. The van der Waals surface area contributed by atoms with Crippen LogP contribution in [0, 0.1) is 11.8 Å². The number of carboxylic acid groups (broad SMARTS) is 2. The van der Waals surface area contributed by atoms with Gasteiger partial charge in [-0.3, -0.25) is 86.3 Å². The molecule has 1 heterocycles. The van der Waals surface area contributed by atoms with Crippen molar-refractivity contribution in [2.45, 2.75) is 255 Å². The van der Waals surface area contributed by atoms with Gasteiger partial charge in [-0.05, 0) is 139 Å². The maximum Gasteiger partial charge on any atom is 0.328 e. The lowest BCUT2D eigenvalue weighted by Gasteiger charge is -2.32. The number of carbonyl (C=O) groups is 20. The van der Waals surface area contributed by atoms with Gasteiger partial charge in [0.15, 0.2) is 6.04 Å². The van der Waals surface area contributed by atoms with Crippen molar-refractivity contribution in [3.63, 3.8) is 0 Å². The first-order valence-electron chi connectivity index (χ1n) is 42.0. The molecule has 1 aliphatic heterocycles. The monoisotopic (exact) mass is 1840 g/mol. The number of phenolic OH excluding ortho intramolecular Hbond substituents is 1. The quantitative estimate of drug-likeness (QED) is 0.0274. The van der Waals surface area contributed by atoms with Crippen LogP contribution < -0.4 is 91.2 Å². The second-order valence-corrected chi connectivity index (χ2v) is 32.9. The molecular formula is C82H126N18O28S. The van der Waals surface area contributed by atoms with Gasteiger partial charge in [0.05, 0.1) is 50.7 Å². The number of phenols is 1. The molecule has 0 spiro atoms. The molecule has 46 nitrogen and oxygen atoms in total. The number of unbranched alkanes of at least 4 members (excludes halogenated alkanes) is 1. The molecule has 718 valence electrons. The lowest BCUT2D eigenvalue weighted by molar-refractivity contribution is -0.145. The minimum absolute atomic E-state index is 0.00145. The molecule has 129 heavy (non-hydrogen) atoms. The van der Waals surface area contributed by atoms with Crippen LogP contribution in [0.5, 0.6) is 5.75 Å². The van der Waals surface area contributed by atoms with E-state index in [4.69, 9.17) is 11.5 Å². The number of ketones is 1. The van der Waals surface area contributed by atoms with Gasteiger partial charge in [-0.25, -0.2) is 4.79 Å². The summed E-state index contributed by atoms with van der Waals surface area (Å²) in [5, 5.41) is 118. The van der Waals surface area contributed by atoms with E-state index in [2.05, 4.69) is 79.8 Å². The van der Waals surface area contributed by atoms with Gasteiger partial charge in [0.2, 0.25) is 100 Å². The molecule has 1 fully saturated rings. The van der Waals surface area contributed by atoms with Crippen LogP contribution in [-0.4, -0.2) is 318 Å². The zero-order valence-electron chi connectivity index (χ0n) is 73.5. The average Bonchev–Trinajstić information content (AvgIpc) is 1.69. The summed E-state index contributed by atoms with van der Waals surface area (Å²) < 4.78 is 0. The summed E-state index contributed by atoms with van der Waals surface area (Å²) in [4.78, 5) is 270. The zero-order chi connectivity index (χ0) is 97.1. The Morgan fingerprint density at radius 3 is 1.43 bits per heavy atom. The fourth-order valence-corrected chi connectivity index (χ4v) is 13.4. The summed E-state index contributed by atoms with van der Waals surface area (Å²) in [6, 6.07) is -9.59. The summed E-state index contributed by atoms with van der Waals surface area (Å²) in [6.07, 6.45) is -7.30. The first-order chi connectivity index (χ1) is 60.7. The highest BCUT2D eigenvalue weighted by Crippen LogP contribution is 2.22. The highest BCUT2D eigenvalue weighted by atomic mass is 32.2. The Balaban J connectivity index is 1.89. The van der Waals surface area contributed by atoms with Crippen LogP contribution in [-0.2, 0) is 109 Å². The third-order valence-electron chi connectivity index (χ3n) is 20.2. The fraction of sp³-hybridized carbons (Fsp3) is 0.610. The number of benzene rings is 2. The minimum Gasteiger partial charge on any atom is -0.508 e. The molecule has 1 aliphatic rings. The average molecular weight is 1840 g/mol. The van der Waals surface area contributed by atoms with Crippen molar-refractivity contribution in [3.05, 3.63) is 65.7 Å². The zero-order valence-corrected chi connectivity index (χ0v) is 74.3. The van der Waals surface area contributed by atoms with Gasteiger partial charge < -0.3 is 142 Å². The highest BCUT2D eigenvalue weighted by Gasteiger charge is 2.44. The number of Topliss-reactive ketones (excluding diaryl/α,β-unsaturated/α-hetero) is 1.